The lowest BCUT2D eigenvalue weighted by molar-refractivity contribution is -0.125. The third kappa shape index (κ3) is 2.46. The van der Waals surface area contributed by atoms with Crippen molar-refractivity contribution in [1.29, 1.82) is 5.26 Å². The van der Waals surface area contributed by atoms with Gasteiger partial charge in [0.1, 0.15) is 5.75 Å². The van der Waals surface area contributed by atoms with Crippen molar-refractivity contribution in [2.45, 2.75) is 19.6 Å². The van der Waals surface area contributed by atoms with Gasteiger partial charge in [-0.25, -0.2) is 0 Å². The fourth-order valence-corrected chi connectivity index (χ4v) is 2.39. The van der Waals surface area contributed by atoms with E-state index >= 15 is 0 Å². The summed E-state index contributed by atoms with van der Waals surface area (Å²) in [6.07, 6.45) is -0.488. The summed E-state index contributed by atoms with van der Waals surface area (Å²) in [7, 11) is 0. The highest BCUT2D eigenvalue weighted by Gasteiger charge is 2.31. The Hall–Kier alpha value is -2.80. The average molecular weight is 278 g/mol. The van der Waals surface area contributed by atoms with E-state index in [1.807, 2.05) is 36.4 Å². The molecule has 3 rings (SSSR count). The van der Waals surface area contributed by atoms with Crippen molar-refractivity contribution in [3.63, 3.8) is 0 Å². The van der Waals surface area contributed by atoms with Gasteiger partial charge in [-0.15, -0.1) is 0 Å². The molecule has 4 heteroatoms. The number of amides is 1. The van der Waals surface area contributed by atoms with E-state index in [2.05, 4.69) is 6.07 Å². The predicted octanol–water partition coefficient (Wildman–Crippen LogP) is 2.87. The average Bonchev–Trinajstić information content (AvgIpc) is 2.52. The molecular weight excluding hydrogens is 264 g/mol. The van der Waals surface area contributed by atoms with Gasteiger partial charge in [-0.3, -0.25) is 4.79 Å². The molecule has 1 aliphatic heterocycles. The number of rotatable bonds is 2. The normalized spacial score (nSPS) is 16.9. The lowest BCUT2D eigenvalue weighted by Gasteiger charge is -2.33. The van der Waals surface area contributed by atoms with Gasteiger partial charge in [0.2, 0.25) is 0 Å². The number of hydrogen-bond donors (Lipinski definition) is 0. The molecule has 104 valence electrons. The van der Waals surface area contributed by atoms with E-state index < -0.39 is 6.10 Å². The molecule has 21 heavy (non-hydrogen) atoms. The van der Waals surface area contributed by atoms with Crippen molar-refractivity contribution in [3.8, 4) is 11.8 Å². The molecule has 0 fully saturated rings. The molecule has 0 saturated heterocycles. The van der Waals surface area contributed by atoms with Crippen LogP contribution in [0.1, 0.15) is 18.1 Å². The number of anilines is 1. The first-order chi connectivity index (χ1) is 10.2. The highest BCUT2D eigenvalue weighted by molar-refractivity contribution is 5.99. The Bertz CT molecular complexity index is 716. The number of ether oxygens (including phenoxy) is 1. The molecule has 0 saturated carbocycles. The van der Waals surface area contributed by atoms with Crippen molar-refractivity contribution < 1.29 is 9.53 Å². The number of nitrogens with zero attached hydrogens (tertiary/aromatic N) is 2. The zero-order chi connectivity index (χ0) is 14.8. The lowest BCUT2D eigenvalue weighted by atomic mass is 10.1. The molecule has 1 heterocycles. The smallest absolute Gasteiger partial charge is 0.268 e. The Morgan fingerprint density at radius 1 is 1.19 bits per heavy atom. The monoisotopic (exact) mass is 278 g/mol. The summed E-state index contributed by atoms with van der Waals surface area (Å²) >= 11 is 0. The first-order valence-corrected chi connectivity index (χ1v) is 6.75. The number of para-hydroxylation sites is 2. The second-order valence-corrected chi connectivity index (χ2v) is 4.96. The standard InChI is InChI=1S/C17H14N2O2/c1-12-17(20)19(15-4-2-3-5-16(15)21-12)11-14-8-6-13(10-18)7-9-14/h2-9,12H,11H2,1H3/t12-/m1/s1. The molecule has 0 radical (unpaired) electrons. The van der Waals surface area contributed by atoms with Crippen molar-refractivity contribution in [3.05, 3.63) is 59.7 Å². The van der Waals surface area contributed by atoms with Crippen LogP contribution in [0.15, 0.2) is 48.5 Å². The minimum atomic E-state index is -0.488. The first-order valence-electron chi connectivity index (χ1n) is 6.75. The molecule has 4 nitrogen and oxygen atoms in total. The van der Waals surface area contributed by atoms with Crippen LogP contribution in [0.25, 0.3) is 0 Å². The zero-order valence-electron chi connectivity index (χ0n) is 11.6. The molecule has 2 aromatic rings. The molecule has 0 spiro atoms. The summed E-state index contributed by atoms with van der Waals surface area (Å²) in [5.74, 6) is 0.663. The minimum Gasteiger partial charge on any atom is -0.479 e. The van der Waals surface area contributed by atoms with Gasteiger partial charge in [-0.1, -0.05) is 24.3 Å². The van der Waals surface area contributed by atoms with E-state index in [9.17, 15) is 4.79 Å². The predicted molar refractivity (Wildman–Crippen MR) is 78.9 cm³/mol. The van der Waals surface area contributed by atoms with Crippen LogP contribution in [0.3, 0.4) is 0 Å². The van der Waals surface area contributed by atoms with Crippen molar-refractivity contribution in [2.75, 3.05) is 4.90 Å². The summed E-state index contributed by atoms with van der Waals surface area (Å²) < 4.78 is 5.61. The topological polar surface area (TPSA) is 53.3 Å². The van der Waals surface area contributed by atoms with E-state index in [1.54, 1.807) is 24.0 Å². The molecular formula is C17H14N2O2. The highest BCUT2D eigenvalue weighted by atomic mass is 16.5. The minimum absolute atomic E-state index is 0.0574. The largest absolute Gasteiger partial charge is 0.479 e. The van der Waals surface area contributed by atoms with Crippen molar-refractivity contribution >= 4 is 11.6 Å². The van der Waals surface area contributed by atoms with E-state index in [-0.39, 0.29) is 5.91 Å². The Labute approximate surface area is 123 Å². The Morgan fingerprint density at radius 3 is 2.62 bits per heavy atom. The van der Waals surface area contributed by atoms with Crippen LogP contribution in [0.5, 0.6) is 5.75 Å². The first kappa shape index (κ1) is 13.2. The van der Waals surface area contributed by atoms with Crippen LogP contribution in [-0.4, -0.2) is 12.0 Å². The number of benzene rings is 2. The highest BCUT2D eigenvalue weighted by Crippen LogP contribution is 2.34. The Balaban J connectivity index is 1.93. The quantitative estimate of drug-likeness (QED) is 0.848. The SMILES string of the molecule is C[C@H]1Oc2ccccc2N(Cc2ccc(C#N)cc2)C1=O. The van der Waals surface area contributed by atoms with Crippen LogP contribution in [0, 0.1) is 11.3 Å². The lowest BCUT2D eigenvalue weighted by Crippen LogP contribution is -2.43. The molecule has 0 aliphatic carbocycles. The van der Waals surface area contributed by atoms with Gasteiger partial charge in [0.05, 0.1) is 23.9 Å². The maximum absolute atomic E-state index is 12.4. The summed E-state index contributed by atoms with van der Waals surface area (Å²) in [6.45, 7) is 2.22. The molecule has 0 aromatic heterocycles. The van der Waals surface area contributed by atoms with E-state index in [4.69, 9.17) is 10.00 Å². The van der Waals surface area contributed by atoms with E-state index in [0.717, 1.165) is 17.0 Å². The van der Waals surface area contributed by atoms with Gasteiger partial charge in [-0.05, 0) is 36.8 Å². The van der Waals surface area contributed by atoms with E-state index in [0.29, 0.717) is 12.1 Å². The van der Waals surface area contributed by atoms with Gasteiger partial charge in [0.25, 0.3) is 5.91 Å². The van der Waals surface area contributed by atoms with Crippen LogP contribution < -0.4 is 9.64 Å². The molecule has 1 amide bonds. The number of hydrogen-bond acceptors (Lipinski definition) is 3. The molecule has 1 atom stereocenters. The maximum atomic E-state index is 12.4. The van der Waals surface area contributed by atoms with Gasteiger partial charge >= 0.3 is 0 Å². The molecule has 1 aliphatic rings. The summed E-state index contributed by atoms with van der Waals surface area (Å²) in [4.78, 5) is 14.1. The Morgan fingerprint density at radius 2 is 1.90 bits per heavy atom. The Kier molecular flexibility index (Phi) is 3.33. The summed E-state index contributed by atoms with van der Waals surface area (Å²) in [5.41, 5.74) is 2.37. The molecule has 0 bridgehead atoms. The number of carbonyl (C=O) groups excluding carboxylic acids is 1. The fourth-order valence-electron chi connectivity index (χ4n) is 2.39. The number of nitriles is 1. The molecule has 2 aromatic carbocycles. The van der Waals surface area contributed by atoms with Gasteiger partial charge in [0.15, 0.2) is 6.10 Å². The number of fused-ring (bicyclic) bond motifs is 1. The van der Waals surface area contributed by atoms with Crippen LogP contribution in [0.2, 0.25) is 0 Å². The second kappa shape index (κ2) is 5.29. The summed E-state index contributed by atoms with van der Waals surface area (Å²) in [6, 6.07) is 16.9. The van der Waals surface area contributed by atoms with Crippen molar-refractivity contribution in [2.24, 2.45) is 0 Å². The molecule has 0 unspecified atom stereocenters. The van der Waals surface area contributed by atoms with Crippen molar-refractivity contribution in [1.82, 2.24) is 0 Å². The second-order valence-electron chi connectivity index (χ2n) is 4.96. The maximum Gasteiger partial charge on any atom is 0.268 e. The number of carbonyl (C=O) groups is 1. The van der Waals surface area contributed by atoms with Crippen LogP contribution >= 0.6 is 0 Å². The third-order valence-electron chi connectivity index (χ3n) is 3.50. The summed E-state index contributed by atoms with van der Waals surface area (Å²) in [5, 5.41) is 8.83. The van der Waals surface area contributed by atoms with Gasteiger partial charge in [0, 0.05) is 0 Å². The van der Waals surface area contributed by atoms with Gasteiger partial charge in [-0.2, -0.15) is 5.26 Å². The van der Waals surface area contributed by atoms with Crippen LogP contribution in [-0.2, 0) is 11.3 Å². The fraction of sp³-hybridized carbons (Fsp3) is 0.176. The zero-order valence-corrected chi connectivity index (χ0v) is 11.6. The van der Waals surface area contributed by atoms with E-state index in [1.165, 1.54) is 0 Å². The molecule has 0 N–H and O–H groups in total. The van der Waals surface area contributed by atoms with Gasteiger partial charge < -0.3 is 9.64 Å². The third-order valence-corrected chi connectivity index (χ3v) is 3.50. The van der Waals surface area contributed by atoms with Crippen LogP contribution in [0.4, 0.5) is 5.69 Å².